The number of nitrogens with zero attached hydrogens (tertiary/aromatic N) is 2. The zero-order chi connectivity index (χ0) is 17.3. The molecule has 0 saturated carbocycles. The summed E-state index contributed by atoms with van der Waals surface area (Å²) < 4.78 is 5.62. The van der Waals surface area contributed by atoms with Gasteiger partial charge in [-0.2, -0.15) is 0 Å². The zero-order valence-corrected chi connectivity index (χ0v) is 14.6. The quantitative estimate of drug-likeness (QED) is 0.744. The largest absolute Gasteiger partial charge is 0.383 e. The van der Waals surface area contributed by atoms with Crippen LogP contribution in [0, 0.1) is 0 Å². The molecule has 0 radical (unpaired) electrons. The molecule has 3 rings (SSSR count). The zero-order valence-electron chi connectivity index (χ0n) is 13.8. The minimum atomic E-state index is -0.871. The Bertz CT molecular complexity index is 821. The Morgan fingerprint density at radius 2 is 1.83 bits per heavy atom. The molecule has 0 bridgehead atoms. The van der Waals surface area contributed by atoms with Crippen molar-refractivity contribution < 1.29 is 9.63 Å². The number of rotatable bonds is 3. The van der Waals surface area contributed by atoms with Gasteiger partial charge >= 0.3 is 0 Å². The van der Waals surface area contributed by atoms with E-state index in [1.54, 1.807) is 30.6 Å². The molecule has 5 heteroatoms. The van der Waals surface area contributed by atoms with Crippen LogP contribution in [0.1, 0.15) is 43.8 Å². The summed E-state index contributed by atoms with van der Waals surface area (Å²) in [4.78, 5) is 4.09. The van der Waals surface area contributed by atoms with E-state index in [4.69, 9.17) is 16.1 Å². The van der Waals surface area contributed by atoms with Gasteiger partial charge in [-0.15, -0.1) is 0 Å². The van der Waals surface area contributed by atoms with Crippen molar-refractivity contribution in [3.05, 3.63) is 70.7 Å². The van der Waals surface area contributed by atoms with Gasteiger partial charge in [-0.1, -0.05) is 55.7 Å². The number of aliphatic hydroxyl groups is 1. The fourth-order valence-electron chi connectivity index (χ4n) is 2.61. The molecule has 0 spiro atoms. The lowest BCUT2D eigenvalue weighted by atomic mass is 9.85. The van der Waals surface area contributed by atoms with Gasteiger partial charge in [0.2, 0.25) is 0 Å². The van der Waals surface area contributed by atoms with E-state index in [2.05, 4.69) is 10.1 Å². The lowest BCUT2D eigenvalue weighted by Crippen LogP contribution is -2.15. The fourth-order valence-corrected chi connectivity index (χ4v) is 2.74. The minimum Gasteiger partial charge on any atom is -0.383 e. The number of hydrogen-bond donors (Lipinski definition) is 1. The summed E-state index contributed by atoms with van der Waals surface area (Å²) in [5.74, 6) is 0.656. The van der Waals surface area contributed by atoms with Crippen LogP contribution in [0.4, 0.5) is 0 Å². The Morgan fingerprint density at radius 3 is 2.42 bits per heavy atom. The lowest BCUT2D eigenvalue weighted by Gasteiger charge is -2.19. The van der Waals surface area contributed by atoms with Crippen LogP contribution in [-0.4, -0.2) is 15.2 Å². The van der Waals surface area contributed by atoms with Crippen LogP contribution in [-0.2, 0) is 5.41 Å². The minimum absolute atomic E-state index is 0.295. The highest BCUT2D eigenvalue weighted by Crippen LogP contribution is 2.39. The van der Waals surface area contributed by atoms with E-state index >= 15 is 0 Å². The summed E-state index contributed by atoms with van der Waals surface area (Å²) in [5.41, 5.74) is 2.53. The summed E-state index contributed by atoms with van der Waals surface area (Å²) in [6, 6.07) is 11.0. The number of halogens is 1. The molecule has 0 saturated heterocycles. The molecule has 0 amide bonds. The molecule has 0 aliphatic carbocycles. The number of pyridine rings is 1. The smallest absolute Gasteiger partial charge is 0.148 e. The normalized spacial score (nSPS) is 13.0. The van der Waals surface area contributed by atoms with Gasteiger partial charge in [-0.05, 0) is 18.2 Å². The third-order valence-corrected chi connectivity index (χ3v) is 4.05. The number of benzene rings is 1. The molecular formula is C19H19ClN2O2. The van der Waals surface area contributed by atoms with Crippen LogP contribution in [0.2, 0.25) is 5.02 Å². The maximum atomic E-state index is 11.0. The summed E-state index contributed by atoms with van der Waals surface area (Å²) in [6.07, 6.45) is 2.45. The molecule has 124 valence electrons. The van der Waals surface area contributed by atoms with Crippen molar-refractivity contribution in [1.82, 2.24) is 10.1 Å². The van der Waals surface area contributed by atoms with E-state index in [0.717, 1.165) is 5.56 Å². The fraction of sp³-hybridized carbons (Fsp3) is 0.263. The van der Waals surface area contributed by atoms with Crippen molar-refractivity contribution in [2.45, 2.75) is 32.3 Å². The molecule has 1 N–H and O–H groups in total. The third kappa shape index (κ3) is 3.21. The molecule has 2 heterocycles. The first-order valence-electron chi connectivity index (χ1n) is 7.72. The average Bonchev–Trinajstić information content (AvgIpc) is 3.01. The van der Waals surface area contributed by atoms with E-state index in [0.29, 0.717) is 27.6 Å². The highest BCUT2D eigenvalue weighted by atomic mass is 35.5. The van der Waals surface area contributed by atoms with Gasteiger partial charge in [0, 0.05) is 34.0 Å². The van der Waals surface area contributed by atoms with Crippen LogP contribution in [0.5, 0.6) is 0 Å². The van der Waals surface area contributed by atoms with Gasteiger partial charge in [-0.25, -0.2) is 0 Å². The Labute approximate surface area is 146 Å². The van der Waals surface area contributed by atoms with Gasteiger partial charge in [0.25, 0.3) is 0 Å². The second-order valence-electron chi connectivity index (χ2n) is 6.72. The molecule has 0 fully saturated rings. The number of aromatic nitrogens is 2. The van der Waals surface area contributed by atoms with Crippen LogP contribution in [0.15, 0.2) is 53.3 Å². The first-order chi connectivity index (χ1) is 11.4. The second kappa shape index (κ2) is 6.38. The highest BCUT2D eigenvalue weighted by Gasteiger charge is 2.32. The van der Waals surface area contributed by atoms with Gasteiger partial charge < -0.3 is 9.63 Å². The van der Waals surface area contributed by atoms with Crippen molar-refractivity contribution in [2.24, 2.45) is 0 Å². The molecule has 24 heavy (non-hydrogen) atoms. The van der Waals surface area contributed by atoms with E-state index in [1.165, 1.54) is 0 Å². The highest BCUT2D eigenvalue weighted by molar-refractivity contribution is 6.30. The average molecular weight is 343 g/mol. The molecule has 0 aliphatic rings. The van der Waals surface area contributed by atoms with Crippen molar-refractivity contribution in [3.63, 3.8) is 0 Å². The summed E-state index contributed by atoms with van der Waals surface area (Å²) in [6.45, 7) is 6.08. The van der Waals surface area contributed by atoms with Crippen molar-refractivity contribution >= 4 is 11.6 Å². The lowest BCUT2D eigenvalue weighted by molar-refractivity contribution is 0.212. The van der Waals surface area contributed by atoms with Crippen LogP contribution in [0.3, 0.4) is 0 Å². The van der Waals surface area contributed by atoms with Gasteiger partial charge in [0.15, 0.2) is 0 Å². The Balaban J connectivity index is 2.17. The molecule has 1 unspecified atom stereocenters. The van der Waals surface area contributed by atoms with E-state index in [1.807, 2.05) is 39.0 Å². The Hall–Kier alpha value is -2.17. The van der Waals surface area contributed by atoms with Gasteiger partial charge in [-0.3, -0.25) is 4.98 Å². The van der Waals surface area contributed by atoms with Crippen LogP contribution >= 0.6 is 11.6 Å². The number of aliphatic hydroxyl groups excluding tert-OH is 1. The predicted octanol–water partition coefficient (Wildman–Crippen LogP) is 4.77. The maximum Gasteiger partial charge on any atom is 0.148 e. The molecule has 4 nitrogen and oxygen atoms in total. The molecule has 3 aromatic rings. The predicted molar refractivity (Wildman–Crippen MR) is 93.9 cm³/mol. The SMILES string of the molecule is CC(C)(C)c1onc(-c2ccc(Cl)cc2)c1C(O)c1cccnc1. The topological polar surface area (TPSA) is 59.2 Å². The Morgan fingerprint density at radius 1 is 1.12 bits per heavy atom. The molecule has 1 aromatic carbocycles. The molecule has 1 atom stereocenters. The molecule has 2 aromatic heterocycles. The van der Waals surface area contributed by atoms with Crippen molar-refractivity contribution in [3.8, 4) is 11.3 Å². The van der Waals surface area contributed by atoms with Crippen LogP contribution in [0.25, 0.3) is 11.3 Å². The van der Waals surface area contributed by atoms with E-state index in [-0.39, 0.29) is 5.41 Å². The van der Waals surface area contributed by atoms with E-state index in [9.17, 15) is 5.11 Å². The first-order valence-corrected chi connectivity index (χ1v) is 8.09. The van der Waals surface area contributed by atoms with Crippen molar-refractivity contribution in [1.29, 1.82) is 0 Å². The maximum absolute atomic E-state index is 11.0. The summed E-state index contributed by atoms with van der Waals surface area (Å²) in [7, 11) is 0. The van der Waals surface area contributed by atoms with E-state index < -0.39 is 6.10 Å². The second-order valence-corrected chi connectivity index (χ2v) is 7.16. The third-order valence-electron chi connectivity index (χ3n) is 3.80. The van der Waals surface area contributed by atoms with Gasteiger partial charge in [0.1, 0.15) is 17.6 Å². The Kier molecular flexibility index (Phi) is 4.43. The van der Waals surface area contributed by atoms with Gasteiger partial charge in [0.05, 0.1) is 5.56 Å². The molecular weight excluding hydrogens is 324 g/mol. The first kappa shape index (κ1) is 16.7. The summed E-state index contributed by atoms with van der Waals surface area (Å²) in [5, 5.41) is 15.8. The number of hydrogen-bond acceptors (Lipinski definition) is 4. The van der Waals surface area contributed by atoms with Crippen molar-refractivity contribution in [2.75, 3.05) is 0 Å². The van der Waals surface area contributed by atoms with Crippen LogP contribution < -0.4 is 0 Å². The summed E-state index contributed by atoms with van der Waals surface area (Å²) >= 11 is 5.97. The monoisotopic (exact) mass is 342 g/mol. The molecule has 0 aliphatic heterocycles. The standard InChI is InChI=1S/C19H19ClN2O2/c1-19(2,3)18-15(17(23)13-5-4-10-21-11-13)16(22-24-18)12-6-8-14(20)9-7-12/h4-11,17,23H,1-3H3.